The van der Waals surface area contributed by atoms with Gasteiger partial charge in [0.1, 0.15) is 10.7 Å². The van der Waals surface area contributed by atoms with E-state index in [-0.39, 0.29) is 17.9 Å². The van der Waals surface area contributed by atoms with Crippen molar-refractivity contribution in [2.75, 3.05) is 7.05 Å². The number of aryl methyl sites for hydroxylation is 1. The van der Waals surface area contributed by atoms with E-state index in [0.717, 1.165) is 48.2 Å². The van der Waals surface area contributed by atoms with E-state index in [4.69, 9.17) is 0 Å². The number of amides is 2. The zero-order valence-corrected chi connectivity index (χ0v) is 19.6. The van der Waals surface area contributed by atoms with E-state index in [1.807, 2.05) is 19.4 Å². The molecule has 0 spiro atoms. The molecule has 0 radical (unpaired) electrons. The SMILES string of the molecule is CNC(=O)CCCCCC(NC(=O)c1cncs1)c1ncc(-c2ccc3c(ccn3C)c2)[nH]1. The predicted octanol–water partition coefficient (Wildman–Crippen LogP) is 4.19. The molecule has 0 saturated carbocycles. The number of aromatic nitrogens is 4. The van der Waals surface area contributed by atoms with Crippen LogP contribution in [0.25, 0.3) is 22.2 Å². The summed E-state index contributed by atoms with van der Waals surface area (Å²) in [4.78, 5) is 36.7. The van der Waals surface area contributed by atoms with Crippen molar-refractivity contribution in [1.29, 1.82) is 0 Å². The number of nitrogens with zero attached hydrogens (tertiary/aromatic N) is 3. The third-order valence-corrected chi connectivity index (χ3v) is 6.53. The van der Waals surface area contributed by atoms with Crippen LogP contribution in [0.5, 0.6) is 0 Å². The van der Waals surface area contributed by atoms with Crippen LogP contribution in [0, 0.1) is 0 Å². The number of hydrogen-bond donors (Lipinski definition) is 3. The second-order valence-corrected chi connectivity index (χ2v) is 8.93. The minimum atomic E-state index is -0.256. The molecule has 4 aromatic rings. The van der Waals surface area contributed by atoms with Crippen LogP contribution in [0.15, 0.2) is 48.4 Å². The van der Waals surface area contributed by atoms with Gasteiger partial charge >= 0.3 is 0 Å². The highest BCUT2D eigenvalue weighted by atomic mass is 32.1. The molecule has 2 amide bonds. The van der Waals surface area contributed by atoms with E-state index >= 15 is 0 Å². The Balaban J connectivity index is 1.48. The molecule has 3 heterocycles. The molecule has 9 heteroatoms. The maximum absolute atomic E-state index is 12.7. The number of benzene rings is 1. The summed E-state index contributed by atoms with van der Waals surface area (Å²) < 4.78 is 2.09. The quantitative estimate of drug-likeness (QED) is 0.306. The highest BCUT2D eigenvalue weighted by Crippen LogP contribution is 2.26. The molecule has 1 unspecified atom stereocenters. The van der Waals surface area contributed by atoms with Gasteiger partial charge in [-0.05, 0) is 31.0 Å². The summed E-state index contributed by atoms with van der Waals surface area (Å²) in [5.41, 5.74) is 4.77. The van der Waals surface area contributed by atoms with Gasteiger partial charge in [-0.15, -0.1) is 11.3 Å². The van der Waals surface area contributed by atoms with Gasteiger partial charge in [-0.25, -0.2) is 4.98 Å². The first kappa shape index (κ1) is 22.7. The molecule has 0 saturated heterocycles. The van der Waals surface area contributed by atoms with Crippen molar-refractivity contribution >= 4 is 34.1 Å². The zero-order chi connectivity index (χ0) is 23.2. The second-order valence-electron chi connectivity index (χ2n) is 8.05. The Bertz CT molecular complexity index is 1230. The van der Waals surface area contributed by atoms with Gasteiger partial charge in [0.25, 0.3) is 5.91 Å². The number of rotatable bonds is 10. The fraction of sp³-hybridized carbons (Fsp3) is 0.333. The normalized spacial score (nSPS) is 12.1. The van der Waals surface area contributed by atoms with Crippen LogP contribution >= 0.6 is 11.3 Å². The van der Waals surface area contributed by atoms with Gasteiger partial charge in [-0.1, -0.05) is 18.9 Å². The lowest BCUT2D eigenvalue weighted by Gasteiger charge is -2.16. The minimum absolute atomic E-state index is 0.0520. The average molecular weight is 465 g/mol. The molecular formula is C24H28N6O2S. The summed E-state index contributed by atoms with van der Waals surface area (Å²) in [6, 6.07) is 8.14. The molecule has 4 rings (SSSR count). The van der Waals surface area contributed by atoms with Crippen LogP contribution in [-0.2, 0) is 11.8 Å². The first-order valence-electron chi connectivity index (χ1n) is 11.1. The highest BCUT2D eigenvalue weighted by molar-refractivity contribution is 7.11. The maximum atomic E-state index is 12.7. The highest BCUT2D eigenvalue weighted by Gasteiger charge is 2.20. The van der Waals surface area contributed by atoms with Gasteiger partial charge in [-0.2, -0.15) is 0 Å². The third-order valence-electron chi connectivity index (χ3n) is 5.76. The Kier molecular flexibility index (Phi) is 7.19. The van der Waals surface area contributed by atoms with Crippen molar-refractivity contribution in [3.63, 3.8) is 0 Å². The fourth-order valence-corrected chi connectivity index (χ4v) is 4.40. The smallest absolute Gasteiger partial charge is 0.263 e. The Morgan fingerprint density at radius 1 is 1.18 bits per heavy atom. The summed E-state index contributed by atoms with van der Waals surface area (Å²) in [7, 11) is 3.68. The first-order chi connectivity index (χ1) is 16.0. The van der Waals surface area contributed by atoms with Crippen LogP contribution in [0.3, 0.4) is 0 Å². The lowest BCUT2D eigenvalue weighted by molar-refractivity contribution is -0.120. The van der Waals surface area contributed by atoms with Gasteiger partial charge in [0.15, 0.2) is 0 Å². The van der Waals surface area contributed by atoms with E-state index in [1.54, 1.807) is 18.8 Å². The van der Waals surface area contributed by atoms with Crippen LogP contribution < -0.4 is 10.6 Å². The number of carbonyl (C=O) groups is 2. The van der Waals surface area contributed by atoms with E-state index < -0.39 is 0 Å². The van der Waals surface area contributed by atoms with Crippen LogP contribution in [0.2, 0.25) is 0 Å². The number of hydrogen-bond acceptors (Lipinski definition) is 5. The molecule has 0 aliphatic carbocycles. The van der Waals surface area contributed by atoms with Crippen molar-refractivity contribution in [3.05, 3.63) is 59.1 Å². The molecule has 0 aliphatic heterocycles. The molecule has 0 aliphatic rings. The fourth-order valence-electron chi connectivity index (χ4n) is 3.88. The lowest BCUT2D eigenvalue weighted by atomic mass is 10.1. The minimum Gasteiger partial charge on any atom is -0.359 e. The van der Waals surface area contributed by atoms with Crippen molar-refractivity contribution in [3.8, 4) is 11.3 Å². The van der Waals surface area contributed by atoms with E-state index in [1.165, 1.54) is 16.9 Å². The standard InChI is InChI=1S/C24H28N6O2S/c1-25-22(31)7-5-3-4-6-18(29-24(32)21-14-26-15-33-21)23-27-13-19(28-23)16-8-9-20-17(12-16)10-11-30(20)2/h8-15,18H,3-7H2,1-2H3,(H,25,31)(H,27,28)(H,29,32). The second kappa shape index (κ2) is 10.4. The van der Waals surface area contributed by atoms with Crippen molar-refractivity contribution < 1.29 is 9.59 Å². The molecule has 33 heavy (non-hydrogen) atoms. The van der Waals surface area contributed by atoms with Gasteiger partial charge < -0.3 is 20.2 Å². The molecule has 8 nitrogen and oxygen atoms in total. The van der Waals surface area contributed by atoms with Crippen molar-refractivity contribution in [2.45, 2.75) is 38.1 Å². The Hall–Kier alpha value is -3.46. The van der Waals surface area contributed by atoms with Crippen molar-refractivity contribution in [1.82, 2.24) is 30.2 Å². The van der Waals surface area contributed by atoms with Gasteiger partial charge in [-0.3, -0.25) is 14.6 Å². The Morgan fingerprint density at radius 2 is 2.06 bits per heavy atom. The number of imidazole rings is 1. The number of nitrogens with one attached hydrogen (secondary N) is 3. The van der Waals surface area contributed by atoms with Crippen LogP contribution in [-0.4, -0.2) is 38.4 Å². The largest absolute Gasteiger partial charge is 0.359 e. The molecule has 172 valence electrons. The first-order valence-corrected chi connectivity index (χ1v) is 11.9. The number of unbranched alkanes of at least 4 members (excludes halogenated alkanes) is 2. The molecule has 0 bridgehead atoms. The van der Waals surface area contributed by atoms with E-state index in [9.17, 15) is 9.59 Å². The van der Waals surface area contributed by atoms with E-state index in [0.29, 0.717) is 11.3 Å². The summed E-state index contributed by atoms with van der Waals surface area (Å²) in [6.07, 6.45) is 9.26. The number of carbonyl (C=O) groups excluding carboxylic acids is 2. The predicted molar refractivity (Wildman–Crippen MR) is 130 cm³/mol. The van der Waals surface area contributed by atoms with Gasteiger partial charge in [0.2, 0.25) is 5.91 Å². The summed E-state index contributed by atoms with van der Waals surface area (Å²) >= 11 is 1.31. The molecule has 1 aromatic carbocycles. The summed E-state index contributed by atoms with van der Waals surface area (Å²) in [5, 5.41) is 6.91. The Labute approximate surface area is 196 Å². The third kappa shape index (κ3) is 5.48. The number of aromatic amines is 1. The Morgan fingerprint density at radius 3 is 2.85 bits per heavy atom. The molecule has 0 fully saturated rings. The molecule has 3 aromatic heterocycles. The molecule has 1 atom stereocenters. The van der Waals surface area contributed by atoms with Crippen LogP contribution in [0.1, 0.15) is 53.6 Å². The summed E-state index contributed by atoms with van der Waals surface area (Å²) in [6.45, 7) is 0. The summed E-state index contributed by atoms with van der Waals surface area (Å²) in [5.74, 6) is 0.620. The molecule has 3 N–H and O–H groups in total. The number of H-pyrrole nitrogens is 1. The zero-order valence-electron chi connectivity index (χ0n) is 18.8. The molecular weight excluding hydrogens is 436 g/mol. The number of fused-ring (bicyclic) bond motifs is 1. The van der Waals surface area contributed by atoms with Crippen molar-refractivity contribution in [2.24, 2.45) is 7.05 Å². The van der Waals surface area contributed by atoms with E-state index in [2.05, 4.69) is 54.4 Å². The van der Waals surface area contributed by atoms with Gasteiger partial charge in [0, 0.05) is 43.2 Å². The topological polar surface area (TPSA) is 105 Å². The average Bonchev–Trinajstić information content (AvgIpc) is 3.59. The van der Waals surface area contributed by atoms with Crippen LogP contribution in [0.4, 0.5) is 0 Å². The van der Waals surface area contributed by atoms with Gasteiger partial charge in [0.05, 0.1) is 29.6 Å². The number of thiazole rings is 1. The monoisotopic (exact) mass is 464 g/mol. The maximum Gasteiger partial charge on any atom is 0.263 e. The lowest BCUT2D eigenvalue weighted by Crippen LogP contribution is -2.28.